The summed E-state index contributed by atoms with van der Waals surface area (Å²) < 4.78 is 14.4. The number of halogens is 1. The van der Waals surface area contributed by atoms with Gasteiger partial charge in [0.25, 0.3) is 0 Å². The Labute approximate surface area is 158 Å². The molecule has 0 aliphatic carbocycles. The average molecular weight is 372 g/mol. The van der Waals surface area contributed by atoms with Crippen LogP contribution in [-0.4, -0.2) is 41.7 Å². The fourth-order valence-corrected chi connectivity index (χ4v) is 3.12. The Balaban J connectivity index is 1.42. The number of aliphatic hydroxyl groups is 1. The number of anilines is 2. The van der Waals surface area contributed by atoms with Crippen molar-refractivity contribution in [3.05, 3.63) is 54.1 Å². The number of benzene rings is 1. The van der Waals surface area contributed by atoms with Gasteiger partial charge in [-0.2, -0.15) is 0 Å². The SMILES string of the molecule is O=C(CCNCc1ccc(N2CCC(O)CC2)c(F)c1)Nc1cccnc1. The molecule has 1 fully saturated rings. The number of pyridine rings is 1. The lowest BCUT2D eigenvalue weighted by Gasteiger charge is -2.31. The second kappa shape index (κ2) is 9.43. The topological polar surface area (TPSA) is 77.5 Å². The predicted molar refractivity (Wildman–Crippen MR) is 103 cm³/mol. The van der Waals surface area contributed by atoms with Crippen LogP contribution < -0.4 is 15.5 Å². The van der Waals surface area contributed by atoms with E-state index in [1.54, 1.807) is 30.6 Å². The third-order valence-corrected chi connectivity index (χ3v) is 4.62. The van der Waals surface area contributed by atoms with Gasteiger partial charge in [0.1, 0.15) is 5.82 Å². The molecule has 0 spiro atoms. The summed E-state index contributed by atoms with van der Waals surface area (Å²) in [5, 5.41) is 15.5. The van der Waals surface area contributed by atoms with E-state index in [9.17, 15) is 14.3 Å². The number of nitrogens with zero attached hydrogens (tertiary/aromatic N) is 2. The smallest absolute Gasteiger partial charge is 0.225 e. The van der Waals surface area contributed by atoms with Crippen LogP contribution in [-0.2, 0) is 11.3 Å². The van der Waals surface area contributed by atoms with Crippen molar-refractivity contribution in [2.24, 2.45) is 0 Å². The molecule has 1 aliphatic heterocycles. The molecule has 1 saturated heterocycles. The second-order valence-corrected chi connectivity index (χ2v) is 6.72. The minimum Gasteiger partial charge on any atom is -0.393 e. The number of aliphatic hydroxyl groups excluding tert-OH is 1. The number of nitrogens with one attached hydrogen (secondary N) is 2. The summed E-state index contributed by atoms with van der Waals surface area (Å²) >= 11 is 0. The van der Waals surface area contributed by atoms with E-state index in [1.165, 1.54) is 6.07 Å². The molecule has 0 atom stereocenters. The first kappa shape index (κ1) is 19.3. The van der Waals surface area contributed by atoms with Crippen LogP contribution in [0.15, 0.2) is 42.7 Å². The Morgan fingerprint density at radius 2 is 2.11 bits per heavy atom. The lowest BCUT2D eigenvalue weighted by atomic mass is 10.1. The van der Waals surface area contributed by atoms with Gasteiger partial charge >= 0.3 is 0 Å². The number of hydrogen-bond acceptors (Lipinski definition) is 5. The number of amides is 1. The van der Waals surface area contributed by atoms with Gasteiger partial charge in [-0.15, -0.1) is 0 Å². The second-order valence-electron chi connectivity index (χ2n) is 6.72. The van der Waals surface area contributed by atoms with E-state index >= 15 is 0 Å². The zero-order valence-corrected chi connectivity index (χ0v) is 15.2. The molecule has 2 aromatic rings. The molecule has 1 aromatic carbocycles. The van der Waals surface area contributed by atoms with Gasteiger partial charge in [-0.3, -0.25) is 9.78 Å². The monoisotopic (exact) mass is 372 g/mol. The van der Waals surface area contributed by atoms with E-state index in [0.29, 0.717) is 56.8 Å². The lowest BCUT2D eigenvalue weighted by Crippen LogP contribution is -2.36. The van der Waals surface area contributed by atoms with E-state index in [1.807, 2.05) is 11.0 Å². The van der Waals surface area contributed by atoms with Crippen molar-refractivity contribution in [2.75, 3.05) is 29.9 Å². The molecule has 0 radical (unpaired) electrons. The third-order valence-electron chi connectivity index (χ3n) is 4.62. The number of aromatic nitrogens is 1. The zero-order valence-electron chi connectivity index (χ0n) is 15.2. The van der Waals surface area contributed by atoms with Crippen molar-refractivity contribution in [3.63, 3.8) is 0 Å². The van der Waals surface area contributed by atoms with Gasteiger partial charge in [-0.25, -0.2) is 4.39 Å². The van der Waals surface area contributed by atoms with Crippen molar-refractivity contribution in [2.45, 2.75) is 31.9 Å². The van der Waals surface area contributed by atoms with Gasteiger partial charge in [-0.05, 0) is 42.7 Å². The van der Waals surface area contributed by atoms with E-state index in [2.05, 4.69) is 15.6 Å². The molecule has 0 bridgehead atoms. The van der Waals surface area contributed by atoms with Crippen LogP contribution >= 0.6 is 0 Å². The van der Waals surface area contributed by atoms with Gasteiger partial charge in [0, 0.05) is 38.8 Å². The van der Waals surface area contributed by atoms with Crippen molar-refractivity contribution in [1.82, 2.24) is 10.3 Å². The summed E-state index contributed by atoms with van der Waals surface area (Å²) in [7, 11) is 0. The fourth-order valence-electron chi connectivity index (χ4n) is 3.12. The summed E-state index contributed by atoms with van der Waals surface area (Å²) in [6, 6.07) is 8.76. The molecule has 3 N–H and O–H groups in total. The Morgan fingerprint density at radius 3 is 2.81 bits per heavy atom. The highest BCUT2D eigenvalue weighted by molar-refractivity contribution is 5.90. The standard InChI is InChI=1S/C20H25FN4O2/c21-18-12-15(3-4-19(18)25-10-6-17(26)7-11-25)13-23-9-5-20(27)24-16-2-1-8-22-14-16/h1-4,8,12,14,17,23,26H,5-7,9-11,13H2,(H,24,27). The number of carbonyl (C=O) groups is 1. The normalized spacial score (nSPS) is 15.0. The summed E-state index contributed by atoms with van der Waals surface area (Å²) in [5.41, 5.74) is 2.09. The molecule has 1 amide bonds. The molecule has 144 valence electrons. The molecule has 7 heteroatoms. The fraction of sp³-hybridized carbons (Fsp3) is 0.400. The van der Waals surface area contributed by atoms with E-state index < -0.39 is 0 Å². The molecule has 0 unspecified atom stereocenters. The van der Waals surface area contributed by atoms with Gasteiger partial charge in [-0.1, -0.05) is 6.07 Å². The molecule has 6 nitrogen and oxygen atoms in total. The summed E-state index contributed by atoms with van der Waals surface area (Å²) in [6.07, 6.45) is 4.64. The maximum absolute atomic E-state index is 14.4. The Kier molecular flexibility index (Phi) is 6.73. The summed E-state index contributed by atoms with van der Waals surface area (Å²) in [6.45, 7) is 2.33. The van der Waals surface area contributed by atoms with Crippen LogP contribution in [0.4, 0.5) is 15.8 Å². The van der Waals surface area contributed by atoms with Gasteiger partial charge < -0.3 is 20.6 Å². The van der Waals surface area contributed by atoms with Crippen molar-refractivity contribution in [3.8, 4) is 0 Å². The lowest BCUT2D eigenvalue weighted by molar-refractivity contribution is -0.116. The number of rotatable bonds is 7. The largest absolute Gasteiger partial charge is 0.393 e. The van der Waals surface area contributed by atoms with Crippen molar-refractivity contribution in [1.29, 1.82) is 0 Å². The number of piperidine rings is 1. The van der Waals surface area contributed by atoms with Crippen LogP contribution in [0.5, 0.6) is 0 Å². The molecule has 1 aliphatic rings. The summed E-state index contributed by atoms with van der Waals surface area (Å²) in [4.78, 5) is 17.8. The highest BCUT2D eigenvalue weighted by atomic mass is 19.1. The van der Waals surface area contributed by atoms with E-state index in [4.69, 9.17) is 0 Å². The van der Waals surface area contributed by atoms with E-state index in [0.717, 1.165) is 5.56 Å². The average Bonchev–Trinajstić information content (AvgIpc) is 2.67. The molecule has 3 rings (SSSR count). The molecule has 0 saturated carbocycles. The zero-order chi connectivity index (χ0) is 19.1. The van der Waals surface area contributed by atoms with Crippen LogP contribution in [0.1, 0.15) is 24.8 Å². The minimum absolute atomic E-state index is 0.0932. The Bertz CT molecular complexity index is 749. The van der Waals surface area contributed by atoms with Gasteiger partial charge in [0.15, 0.2) is 0 Å². The highest BCUT2D eigenvalue weighted by Gasteiger charge is 2.19. The van der Waals surface area contributed by atoms with Crippen LogP contribution in [0.2, 0.25) is 0 Å². The van der Waals surface area contributed by atoms with Crippen molar-refractivity contribution >= 4 is 17.3 Å². The molecule has 2 heterocycles. The quantitative estimate of drug-likeness (QED) is 0.650. The van der Waals surface area contributed by atoms with Gasteiger partial charge in [0.2, 0.25) is 5.91 Å². The first-order valence-corrected chi connectivity index (χ1v) is 9.24. The first-order chi connectivity index (χ1) is 13.1. The van der Waals surface area contributed by atoms with Crippen LogP contribution in [0.25, 0.3) is 0 Å². The Hall–Kier alpha value is -2.51. The molecule has 27 heavy (non-hydrogen) atoms. The molecular weight excluding hydrogens is 347 g/mol. The summed E-state index contributed by atoms with van der Waals surface area (Å²) in [5.74, 6) is -0.343. The maximum Gasteiger partial charge on any atom is 0.225 e. The van der Waals surface area contributed by atoms with E-state index in [-0.39, 0.29) is 17.8 Å². The Morgan fingerprint density at radius 1 is 1.30 bits per heavy atom. The molecule has 1 aromatic heterocycles. The third kappa shape index (κ3) is 5.74. The van der Waals surface area contributed by atoms with Crippen LogP contribution in [0, 0.1) is 5.82 Å². The minimum atomic E-state index is -0.275. The number of carbonyl (C=O) groups excluding carboxylic acids is 1. The highest BCUT2D eigenvalue weighted by Crippen LogP contribution is 2.24. The molecular formula is C20H25FN4O2. The van der Waals surface area contributed by atoms with Crippen molar-refractivity contribution < 1.29 is 14.3 Å². The predicted octanol–water partition coefficient (Wildman–Crippen LogP) is 2.30. The first-order valence-electron chi connectivity index (χ1n) is 9.24. The van der Waals surface area contributed by atoms with Gasteiger partial charge in [0.05, 0.1) is 23.7 Å². The number of hydrogen-bond donors (Lipinski definition) is 3. The maximum atomic E-state index is 14.4. The van der Waals surface area contributed by atoms with Crippen LogP contribution in [0.3, 0.4) is 0 Å².